The molecule has 0 unspecified atom stereocenters. The Morgan fingerprint density at radius 3 is 1.50 bits per heavy atom. The summed E-state index contributed by atoms with van der Waals surface area (Å²) < 4.78 is 0. The topological polar surface area (TPSA) is 0 Å². The highest BCUT2D eigenvalue weighted by Gasteiger charge is 2.16. The van der Waals surface area contributed by atoms with E-state index in [2.05, 4.69) is 146 Å². The molecule has 0 amide bonds. The highest BCUT2D eigenvalue weighted by molar-refractivity contribution is 6.33. The summed E-state index contributed by atoms with van der Waals surface area (Å²) in [6.45, 7) is 0. The summed E-state index contributed by atoms with van der Waals surface area (Å²) in [5.74, 6) is 0. The maximum atomic E-state index is 2.44. The van der Waals surface area contributed by atoms with Crippen LogP contribution in [0.25, 0.3) is 76.1 Å². The van der Waals surface area contributed by atoms with Gasteiger partial charge in [0.25, 0.3) is 0 Å². The van der Waals surface area contributed by atoms with Crippen LogP contribution in [0, 0.1) is 0 Å². The van der Waals surface area contributed by atoms with Crippen molar-refractivity contribution in [2.24, 2.45) is 0 Å². The van der Waals surface area contributed by atoms with Crippen LogP contribution in [0.3, 0.4) is 0 Å². The predicted molar refractivity (Wildman–Crippen MR) is 165 cm³/mol. The molecule has 0 atom stereocenters. The van der Waals surface area contributed by atoms with Gasteiger partial charge in [-0.3, -0.25) is 0 Å². The molecule has 0 aliphatic rings. The minimum Gasteiger partial charge on any atom is -0.0616 e. The average Bonchev–Trinajstić information content (AvgIpc) is 3.00. The minimum absolute atomic E-state index is 1.24. The lowest BCUT2D eigenvalue weighted by Gasteiger charge is -2.18. The molecule has 0 spiro atoms. The van der Waals surface area contributed by atoms with Crippen molar-refractivity contribution in [2.75, 3.05) is 0 Å². The lowest BCUT2D eigenvalue weighted by atomic mass is 9.85. The van der Waals surface area contributed by atoms with Crippen molar-refractivity contribution in [1.29, 1.82) is 0 Å². The monoisotopic (exact) mass is 480 g/mol. The van der Waals surface area contributed by atoms with E-state index in [1.54, 1.807) is 0 Å². The number of hydrogen-bond donors (Lipinski definition) is 0. The Kier molecular flexibility index (Phi) is 4.62. The number of benzene rings is 8. The first-order chi connectivity index (χ1) is 18.9. The van der Waals surface area contributed by atoms with Crippen LogP contribution in [-0.4, -0.2) is 0 Å². The van der Waals surface area contributed by atoms with Gasteiger partial charge in [0.1, 0.15) is 0 Å². The van der Waals surface area contributed by atoms with E-state index < -0.39 is 0 Å². The first-order valence-electron chi connectivity index (χ1n) is 13.2. The SMILES string of the molecule is c1ccc(-c2cc3c4ccccc4c4ccccc4c3c3ccccc23)c(-c2ccc3ccccc3c2)c1. The Morgan fingerprint density at radius 2 is 0.763 bits per heavy atom. The molecule has 0 fully saturated rings. The van der Waals surface area contributed by atoms with Gasteiger partial charge in [0.15, 0.2) is 0 Å². The molecule has 0 bridgehead atoms. The van der Waals surface area contributed by atoms with E-state index in [9.17, 15) is 0 Å². The second-order valence-corrected chi connectivity index (χ2v) is 10.1. The molecular formula is C38H24. The van der Waals surface area contributed by atoms with Gasteiger partial charge in [-0.15, -0.1) is 0 Å². The van der Waals surface area contributed by atoms with E-state index in [0.717, 1.165) is 0 Å². The summed E-state index contributed by atoms with van der Waals surface area (Å²) in [6, 6.07) is 53.3. The third-order valence-electron chi connectivity index (χ3n) is 8.03. The lowest BCUT2D eigenvalue weighted by molar-refractivity contribution is 1.62. The van der Waals surface area contributed by atoms with Gasteiger partial charge in [-0.05, 0) is 88.2 Å². The van der Waals surface area contributed by atoms with Gasteiger partial charge in [0.05, 0.1) is 0 Å². The van der Waals surface area contributed by atoms with Crippen LogP contribution in [0.2, 0.25) is 0 Å². The maximum absolute atomic E-state index is 2.44. The van der Waals surface area contributed by atoms with Crippen molar-refractivity contribution >= 4 is 53.9 Å². The van der Waals surface area contributed by atoms with Crippen molar-refractivity contribution in [3.05, 3.63) is 146 Å². The van der Waals surface area contributed by atoms with Gasteiger partial charge in [-0.2, -0.15) is 0 Å². The summed E-state index contributed by atoms with van der Waals surface area (Å²) >= 11 is 0. The highest BCUT2D eigenvalue weighted by atomic mass is 14.2. The molecule has 0 saturated heterocycles. The zero-order valence-electron chi connectivity index (χ0n) is 20.9. The smallest absolute Gasteiger partial charge is 0.00199 e. The molecule has 0 radical (unpaired) electrons. The van der Waals surface area contributed by atoms with E-state index in [1.165, 1.54) is 76.1 Å². The third-order valence-corrected chi connectivity index (χ3v) is 8.03. The second-order valence-electron chi connectivity index (χ2n) is 10.1. The maximum Gasteiger partial charge on any atom is -0.00199 e. The van der Waals surface area contributed by atoms with E-state index in [-0.39, 0.29) is 0 Å². The normalized spacial score (nSPS) is 11.7. The average molecular weight is 481 g/mol. The van der Waals surface area contributed by atoms with Gasteiger partial charge in [-0.25, -0.2) is 0 Å². The van der Waals surface area contributed by atoms with Gasteiger partial charge in [0, 0.05) is 0 Å². The van der Waals surface area contributed by atoms with Crippen LogP contribution < -0.4 is 0 Å². The molecule has 8 aromatic rings. The van der Waals surface area contributed by atoms with Crippen molar-refractivity contribution in [3.8, 4) is 22.3 Å². The molecule has 8 aromatic carbocycles. The van der Waals surface area contributed by atoms with E-state index in [4.69, 9.17) is 0 Å². The number of rotatable bonds is 2. The summed E-state index contributed by atoms with van der Waals surface area (Å²) in [5.41, 5.74) is 5.04. The van der Waals surface area contributed by atoms with Crippen molar-refractivity contribution in [3.63, 3.8) is 0 Å². The minimum atomic E-state index is 1.24. The zero-order valence-corrected chi connectivity index (χ0v) is 20.9. The van der Waals surface area contributed by atoms with Crippen LogP contribution in [-0.2, 0) is 0 Å². The van der Waals surface area contributed by atoms with Crippen molar-refractivity contribution < 1.29 is 0 Å². The number of hydrogen-bond acceptors (Lipinski definition) is 0. The summed E-state index contributed by atoms with van der Waals surface area (Å²) in [7, 11) is 0. The first-order valence-corrected chi connectivity index (χ1v) is 13.2. The molecule has 8 rings (SSSR count). The Balaban J connectivity index is 1.52. The van der Waals surface area contributed by atoms with Gasteiger partial charge in [0.2, 0.25) is 0 Å². The Labute approximate surface area is 221 Å². The first kappa shape index (κ1) is 21.2. The lowest BCUT2D eigenvalue weighted by Crippen LogP contribution is -1.90. The van der Waals surface area contributed by atoms with Gasteiger partial charge >= 0.3 is 0 Å². The van der Waals surface area contributed by atoms with Gasteiger partial charge in [-0.1, -0.05) is 133 Å². The molecule has 0 heteroatoms. The summed E-state index contributed by atoms with van der Waals surface area (Å²) in [5, 5.41) is 13.0. The molecule has 0 aromatic heterocycles. The van der Waals surface area contributed by atoms with Gasteiger partial charge < -0.3 is 0 Å². The molecule has 176 valence electrons. The summed E-state index contributed by atoms with van der Waals surface area (Å²) in [4.78, 5) is 0. The fourth-order valence-corrected chi connectivity index (χ4v) is 6.32. The van der Waals surface area contributed by atoms with Crippen molar-refractivity contribution in [1.82, 2.24) is 0 Å². The third kappa shape index (κ3) is 3.11. The standard InChI is InChI=1S/C38H24/c1-2-12-26-23-27(22-21-25(26)11-1)28-13-3-4-14-29(28)36-24-37-32-17-6-5-15-30(32)31-16-7-9-19-34(31)38(37)35-20-10-8-18-33(35)36/h1-24H. The predicted octanol–water partition coefficient (Wildman–Crippen LogP) is 10.8. The van der Waals surface area contributed by atoms with E-state index in [1.807, 2.05) is 0 Å². The highest BCUT2D eigenvalue weighted by Crippen LogP contribution is 2.44. The fourth-order valence-electron chi connectivity index (χ4n) is 6.32. The summed E-state index contributed by atoms with van der Waals surface area (Å²) in [6.07, 6.45) is 0. The molecule has 0 aliphatic heterocycles. The molecule has 0 saturated carbocycles. The zero-order chi connectivity index (χ0) is 25.1. The van der Waals surface area contributed by atoms with Crippen LogP contribution >= 0.6 is 0 Å². The Morgan fingerprint density at radius 1 is 0.263 bits per heavy atom. The quantitative estimate of drug-likeness (QED) is 0.216. The van der Waals surface area contributed by atoms with E-state index in [0.29, 0.717) is 0 Å². The van der Waals surface area contributed by atoms with E-state index >= 15 is 0 Å². The number of fused-ring (bicyclic) bond motifs is 9. The molecule has 38 heavy (non-hydrogen) atoms. The Bertz CT molecular complexity index is 2180. The second kappa shape index (κ2) is 8.30. The molecular weight excluding hydrogens is 456 g/mol. The van der Waals surface area contributed by atoms with Crippen molar-refractivity contribution in [2.45, 2.75) is 0 Å². The largest absolute Gasteiger partial charge is 0.0616 e. The van der Waals surface area contributed by atoms with Crippen LogP contribution in [0.15, 0.2) is 146 Å². The Hall–Kier alpha value is -4.94. The van der Waals surface area contributed by atoms with Crippen LogP contribution in [0.5, 0.6) is 0 Å². The van der Waals surface area contributed by atoms with Crippen LogP contribution in [0.1, 0.15) is 0 Å². The molecule has 0 N–H and O–H groups in total. The molecule has 0 aliphatic carbocycles. The molecule has 0 heterocycles. The molecule has 0 nitrogen and oxygen atoms in total. The van der Waals surface area contributed by atoms with Crippen LogP contribution in [0.4, 0.5) is 0 Å². The fraction of sp³-hybridized carbons (Fsp3) is 0.